The maximum Gasteiger partial charge on any atom is 0.336 e. The number of aryl methyl sites for hydroxylation is 2. The summed E-state index contributed by atoms with van der Waals surface area (Å²) in [7, 11) is 0. The molecule has 32 heavy (non-hydrogen) atoms. The van der Waals surface area contributed by atoms with Crippen LogP contribution in [0, 0.1) is 6.92 Å². The number of carbonyl (C=O) groups excluding carboxylic acids is 1. The van der Waals surface area contributed by atoms with E-state index in [9.17, 15) is 9.59 Å². The lowest BCUT2D eigenvalue weighted by molar-refractivity contribution is -0.131. The van der Waals surface area contributed by atoms with Gasteiger partial charge in [-0.1, -0.05) is 6.07 Å². The van der Waals surface area contributed by atoms with Crippen LogP contribution in [0.5, 0.6) is 5.75 Å². The Balaban J connectivity index is 1.45. The van der Waals surface area contributed by atoms with E-state index in [0.29, 0.717) is 37.3 Å². The Hall–Kier alpha value is -3.35. The molecule has 3 aromatic rings. The van der Waals surface area contributed by atoms with Crippen LogP contribution in [0.3, 0.4) is 0 Å². The van der Waals surface area contributed by atoms with Crippen LogP contribution in [0.25, 0.3) is 11.0 Å². The first-order chi connectivity index (χ1) is 15.4. The number of rotatable bonds is 6. The molecule has 0 atom stereocenters. The Morgan fingerprint density at radius 3 is 2.62 bits per heavy atom. The van der Waals surface area contributed by atoms with E-state index in [1.807, 2.05) is 49.9 Å². The first-order valence-corrected chi connectivity index (χ1v) is 11.1. The van der Waals surface area contributed by atoms with Crippen LogP contribution in [-0.4, -0.2) is 48.1 Å². The molecular weight excluding hydrogens is 406 g/mol. The Morgan fingerprint density at radius 2 is 1.94 bits per heavy atom. The van der Waals surface area contributed by atoms with Crippen molar-refractivity contribution < 1.29 is 13.9 Å². The Morgan fingerprint density at radius 1 is 1.16 bits per heavy atom. The van der Waals surface area contributed by atoms with E-state index in [1.165, 1.54) is 6.07 Å². The van der Waals surface area contributed by atoms with E-state index >= 15 is 0 Å². The number of ether oxygens (including phenoxy) is 1. The summed E-state index contributed by atoms with van der Waals surface area (Å²) in [5, 5.41) is 0.868. The lowest BCUT2D eigenvalue weighted by Crippen LogP contribution is -2.49. The molecular formula is C25H29N3O4. The van der Waals surface area contributed by atoms with Gasteiger partial charge in [0.15, 0.2) is 0 Å². The van der Waals surface area contributed by atoms with Gasteiger partial charge in [-0.25, -0.2) is 9.78 Å². The van der Waals surface area contributed by atoms with Gasteiger partial charge in [-0.3, -0.25) is 4.79 Å². The number of amides is 1. The molecule has 0 aliphatic carbocycles. The third-order valence-electron chi connectivity index (χ3n) is 5.71. The van der Waals surface area contributed by atoms with Gasteiger partial charge in [0.2, 0.25) is 5.91 Å². The van der Waals surface area contributed by atoms with E-state index < -0.39 is 0 Å². The first-order valence-electron chi connectivity index (χ1n) is 11.1. The summed E-state index contributed by atoms with van der Waals surface area (Å²) < 4.78 is 11.3. The molecule has 1 amide bonds. The number of piperazine rings is 1. The Kier molecular flexibility index (Phi) is 6.44. The quantitative estimate of drug-likeness (QED) is 0.551. The van der Waals surface area contributed by atoms with Crippen LogP contribution in [0.1, 0.15) is 31.4 Å². The minimum Gasteiger partial charge on any atom is -0.491 e. The van der Waals surface area contributed by atoms with Gasteiger partial charge in [-0.2, -0.15) is 0 Å². The van der Waals surface area contributed by atoms with Crippen LogP contribution in [0.15, 0.2) is 51.8 Å². The molecule has 3 heterocycles. The van der Waals surface area contributed by atoms with E-state index in [-0.39, 0.29) is 17.6 Å². The summed E-state index contributed by atoms with van der Waals surface area (Å²) in [5.74, 6) is 1.75. The number of pyridine rings is 1. The summed E-state index contributed by atoms with van der Waals surface area (Å²) >= 11 is 0. The van der Waals surface area contributed by atoms with Crippen LogP contribution in [0.2, 0.25) is 0 Å². The van der Waals surface area contributed by atoms with Crippen molar-refractivity contribution in [2.24, 2.45) is 0 Å². The number of carbonyl (C=O) groups is 1. The second-order valence-corrected chi connectivity index (χ2v) is 8.43. The number of nitrogens with zero attached hydrogens (tertiary/aromatic N) is 3. The zero-order valence-electron chi connectivity index (χ0n) is 18.8. The molecule has 0 saturated carbocycles. The smallest absolute Gasteiger partial charge is 0.336 e. The van der Waals surface area contributed by atoms with Crippen molar-refractivity contribution in [1.82, 2.24) is 9.88 Å². The van der Waals surface area contributed by atoms with Gasteiger partial charge in [0.05, 0.1) is 6.10 Å². The van der Waals surface area contributed by atoms with Crippen molar-refractivity contribution in [3.8, 4) is 5.75 Å². The predicted octanol–water partition coefficient (Wildman–Crippen LogP) is 3.57. The predicted molar refractivity (Wildman–Crippen MR) is 124 cm³/mol. The molecule has 2 aromatic heterocycles. The second kappa shape index (κ2) is 9.42. The zero-order chi connectivity index (χ0) is 22.7. The monoisotopic (exact) mass is 435 g/mol. The fourth-order valence-electron chi connectivity index (χ4n) is 4.08. The minimum atomic E-state index is -0.377. The average Bonchev–Trinajstić information content (AvgIpc) is 2.78. The normalized spacial score (nSPS) is 14.2. The highest BCUT2D eigenvalue weighted by molar-refractivity contribution is 5.83. The Labute approximate surface area is 187 Å². The number of benzene rings is 1. The largest absolute Gasteiger partial charge is 0.491 e. The molecule has 4 rings (SSSR count). The number of hydrogen-bond donors (Lipinski definition) is 0. The van der Waals surface area contributed by atoms with Crippen LogP contribution in [0.4, 0.5) is 5.82 Å². The van der Waals surface area contributed by atoms with E-state index in [2.05, 4.69) is 9.88 Å². The van der Waals surface area contributed by atoms with Crippen molar-refractivity contribution in [3.63, 3.8) is 0 Å². The highest BCUT2D eigenvalue weighted by atomic mass is 16.5. The third kappa shape index (κ3) is 4.93. The van der Waals surface area contributed by atoms with Gasteiger partial charge >= 0.3 is 5.63 Å². The lowest BCUT2D eigenvalue weighted by atomic mass is 10.0. The maximum absolute atomic E-state index is 12.9. The van der Waals surface area contributed by atoms with Gasteiger partial charge < -0.3 is 19.0 Å². The highest BCUT2D eigenvalue weighted by Crippen LogP contribution is 2.29. The highest BCUT2D eigenvalue weighted by Gasteiger charge is 2.22. The second-order valence-electron chi connectivity index (χ2n) is 8.43. The molecule has 0 unspecified atom stereocenters. The summed E-state index contributed by atoms with van der Waals surface area (Å²) in [6, 6.07) is 11.1. The van der Waals surface area contributed by atoms with Gasteiger partial charge in [-0.05, 0) is 56.5 Å². The molecule has 0 bridgehead atoms. The fraction of sp³-hybridized carbons (Fsp3) is 0.400. The topological polar surface area (TPSA) is 75.9 Å². The number of aromatic nitrogens is 1. The van der Waals surface area contributed by atoms with E-state index in [1.54, 1.807) is 12.3 Å². The molecule has 0 N–H and O–H groups in total. The summed E-state index contributed by atoms with van der Waals surface area (Å²) in [4.78, 5) is 33.2. The Bertz CT molecular complexity index is 1150. The van der Waals surface area contributed by atoms with Crippen molar-refractivity contribution in [3.05, 3.63) is 64.1 Å². The average molecular weight is 436 g/mol. The van der Waals surface area contributed by atoms with Crippen LogP contribution in [-0.2, 0) is 11.2 Å². The third-order valence-corrected chi connectivity index (χ3v) is 5.71. The van der Waals surface area contributed by atoms with Gasteiger partial charge in [0.25, 0.3) is 0 Å². The molecule has 1 aromatic carbocycles. The van der Waals surface area contributed by atoms with Crippen LogP contribution < -0.4 is 15.3 Å². The van der Waals surface area contributed by atoms with Crippen molar-refractivity contribution in [1.29, 1.82) is 0 Å². The molecule has 1 aliphatic heterocycles. The standard InChI is InChI=1S/C25H29N3O4/c1-17(2)31-21-16-22-20(18(3)14-25(30)32-22)15-19(21)7-8-24(29)28-12-10-27(11-13-28)23-6-4-5-9-26-23/h4-6,9,14-17H,7-8,10-13H2,1-3H3. The maximum atomic E-state index is 12.9. The molecule has 7 nitrogen and oxygen atoms in total. The molecule has 0 spiro atoms. The SMILES string of the molecule is Cc1cc(=O)oc2cc(OC(C)C)c(CCC(=O)N3CCN(c4ccccn4)CC3)cc12. The van der Waals surface area contributed by atoms with Gasteiger partial charge in [0, 0.05) is 56.3 Å². The minimum absolute atomic E-state index is 0.0295. The lowest BCUT2D eigenvalue weighted by Gasteiger charge is -2.35. The van der Waals surface area contributed by atoms with Crippen molar-refractivity contribution in [2.45, 2.75) is 39.7 Å². The van der Waals surface area contributed by atoms with Crippen molar-refractivity contribution >= 4 is 22.7 Å². The summed E-state index contributed by atoms with van der Waals surface area (Å²) in [5.41, 5.74) is 1.93. The molecule has 1 saturated heterocycles. The fourth-order valence-corrected chi connectivity index (χ4v) is 4.08. The molecule has 168 valence electrons. The zero-order valence-corrected chi connectivity index (χ0v) is 18.8. The van der Waals surface area contributed by atoms with Gasteiger partial charge in [-0.15, -0.1) is 0 Å². The molecule has 1 fully saturated rings. The van der Waals surface area contributed by atoms with E-state index in [4.69, 9.17) is 9.15 Å². The molecule has 1 aliphatic rings. The first kappa shape index (κ1) is 21.9. The van der Waals surface area contributed by atoms with E-state index in [0.717, 1.165) is 35.4 Å². The number of fused-ring (bicyclic) bond motifs is 1. The summed E-state index contributed by atoms with van der Waals surface area (Å²) in [6.07, 6.45) is 2.73. The molecule has 0 radical (unpaired) electrons. The number of anilines is 1. The molecule has 7 heteroatoms. The van der Waals surface area contributed by atoms with Crippen LogP contribution >= 0.6 is 0 Å². The number of hydrogen-bond acceptors (Lipinski definition) is 6. The van der Waals surface area contributed by atoms with Crippen molar-refractivity contribution in [2.75, 3.05) is 31.1 Å². The summed E-state index contributed by atoms with van der Waals surface area (Å²) in [6.45, 7) is 8.72. The van der Waals surface area contributed by atoms with Gasteiger partial charge in [0.1, 0.15) is 17.2 Å².